The number of ether oxygens (including phenoxy) is 2. The number of nitrogens with zero attached hydrogens (tertiary/aromatic N) is 1. The van der Waals surface area contributed by atoms with Gasteiger partial charge in [0.2, 0.25) is 5.91 Å². The van der Waals surface area contributed by atoms with Crippen LogP contribution in [0.4, 0.5) is 0 Å². The second-order valence-corrected chi connectivity index (χ2v) is 6.68. The van der Waals surface area contributed by atoms with Crippen LogP contribution in [0.2, 0.25) is 0 Å². The topological polar surface area (TPSA) is 76.8 Å². The van der Waals surface area contributed by atoms with E-state index in [4.69, 9.17) is 15.2 Å². The lowest BCUT2D eigenvalue weighted by atomic mass is 9.98. The van der Waals surface area contributed by atoms with Gasteiger partial charge in [0.15, 0.2) is 11.5 Å². The molecule has 26 heavy (non-hydrogen) atoms. The third kappa shape index (κ3) is 6.83. The van der Waals surface area contributed by atoms with Crippen molar-refractivity contribution in [2.45, 2.75) is 37.8 Å². The van der Waals surface area contributed by atoms with E-state index in [2.05, 4.69) is 10.2 Å². The van der Waals surface area contributed by atoms with Crippen LogP contribution in [-0.2, 0) is 11.3 Å². The normalized spacial score (nSPS) is 15.0. The van der Waals surface area contributed by atoms with Gasteiger partial charge in [0.05, 0.1) is 12.6 Å². The second kappa shape index (κ2) is 11.5. The molecule has 0 unspecified atom stereocenters. The molecule has 0 aromatic heterocycles. The molecule has 0 saturated heterocycles. The number of likely N-dealkylation sites (N-methyl/N-ethyl adjacent to an activating group) is 1. The van der Waals surface area contributed by atoms with Crippen LogP contribution in [0.5, 0.6) is 11.5 Å². The van der Waals surface area contributed by atoms with Gasteiger partial charge in [0.25, 0.3) is 0 Å². The molecule has 1 aromatic rings. The van der Waals surface area contributed by atoms with Crippen molar-refractivity contribution in [3.8, 4) is 11.5 Å². The molecule has 1 fully saturated rings. The highest BCUT2D eigenvalue weighted by Gasteiger charge is 2.36. The monoisotopic (exact) mass is 407 g/mol. The second-order valence-electron chi connectivity index (χ2n) is 6.68. The molecule has 8 heteroatoms. The maximum atomic E-state index is 12.3. The highest BCUT2D eigenvalue weighted by Crippen LogP contribution is 2.29. The maximum absolute atomic E-state index is 12.3. The van der Waals surface area contributed by atoms with Gasteiger partial charge in [-0.2, -0.15) is 0 Å². The van der Waals surface area contributed by atoms with Crippen LogP contribution >= 0.6 is 24.8 Å². The number of nitrogens with two attached hydrogens (primary N) is 1. The van der Waals surface area contributed by atoms with Gasteiger partial charge in [-0.25, -0.2) is 0 Å². The number of methoxy groups -OCH3 is 1. The number of carbonyl (C=O) groups excluding carboxylic acids is 1. The maximum Gasteiger partial charge on any atom is 0.240 e. The van der Waals surface area contributed by atoms with Gasteiger partial charge in [-0.15, -0.1) is 24.8 Å². The Bertz CT molecular complexity index is 565. The van der Waals surface area contributed by atoms with E-state index in [1.54, 1.807) is 7.11 Å². The molecule has 0 heterocycles. The largest absolute Gasteiger partial charge is 0.493 e. The van der Waals surface area contributed by atoms with Crippen LogP contribution in [0, 0.1) is 0 Å². The molecule has 0 spiro atoms. The van der Waals surface area contributed by atoms with Crippen LogP contribution in [0.15, 0.2) is 18.2 Å². The molecule has 1 aromatic carbocycles. The van der Waals surface area contributed by atoms with Gasteiger partial charge in [-0.05, 0) is 44.6 Å². The van der Waals surface area contributed by atoms with Crippen LogP contribution in [0.3, 0.4) is 0 Å². The molecular weight excluding hydrogens is 377 g/mol. The molecule has 3 N–H and O–H groups in total. The molecule has 0 atom stereocenters. The fraction of sp³-hybridized carbons (Fsp3) is 0.611. The zero-order valence-corrected chi connectivity index (χ0v) is 17.4. The average Bonchev–Trinajstić information content (AvgIpc) is 3.01. The Balaban J connectivity index is 0.00000312. The van der Waals surface area contributed by atoms with Gasteiger partial charge < -0.3 is 25.4 Å². The number of hydrogen-bond donors (Lipinski definition) is 2. The Kier molecular flexibility index (Phi) is 11.0. The number of halogens is 2. The van der Waals surface area contributed by atoms with E-state index in [0.29, 0.717) is 24.7 Å². The van der Waals surface area contributed by atoms with Gasteiger partial charge in [-0.3, -0.25) is 4.79 Å². The van der Waals surface area contributed by atoms with Crippen molar-refractivity contribution in [1.82, 2.24) is 10.2 Å². The van der Waals surface area contributed by atoms with Crippen LogP contribution in [0.25, 0.3) is 0 Å². The predicted molar refractivity (Wildman–Crippen MR) is 109 cm³/mol. The van der Waals surface area contributed by atoms with Gasteiger partial charge >= 0.3 is 0 Å². The summed E-state index contributed by atoms with van der Waals surface area (Å²) in [5, 5.41) is 2.94. The lowest BCUT2D eigenvalue weighted by molar-refractivity contribution is -0.126. The summed E-state index contributed by atoms with van der Waals surface area (Å²) in [4.78, 5) is 14.3. The highest BCUT2D eigenvalue weighted by atomic mass is 35.5. The number of amides is 1. The fourth-order valence-electron chi connectivity index (χ4n) is 2.87. The Labute approximate surface area is 168 Å². The summed E-state index contributed by atoms with van der Waals surface area (Å²) < 4.78 is 11.1. The minimum absolute atomic E-state index is 0. The number of rotatable bonds is 8. The summed E-state index contributed by atoms with van der Waals surface area (Å²) in [5.41, 5.74) is 6.43. The number of hydrogen-bond acceptors (Lipinski definition) is 5. The van der Waals surface area contributed by atoms with E-state index in [-0.39, 0.29) is 30.7 Å². The van der Waals surface area contributed by atoms with Gasteiger partial charge in [0, 0.05) is 13.1 Å². The quantitative estimate of drug-likeness (QED) is 0.691. The van der Waals surface area contributed by atoms with Crippen molar-refractivity contribution in [2.75, 3.05) is 34.4 Å². The summed E-state index contributed by atoms with van der Waals surface area (Å²) in [6.45, 7) is 1.86. The fourth-order valence-corrected chi connectivity index (χ4v) is 2.87. The third-order valence-corrected chi connectivity index (χ3v) is 4.43. The van der Waals surface area contributed by atoms with E-state index in [9.17, 15) is 4.79 Å². The Hall–Kier alpha value is -1.21. The van der Waals surface area contributed by atoms with E-state index in [0.717, 1.165) is 37.8 Å². The summed E-state index contributed by atoms with van der Waals surface area (Å²) in [5.74, 6) is 1.31. The van der Waals surface area contributed by atoms with Crippen molar-refractivity contribution in [3.05, 3.63) is 23.8 Å². The Morgan fingerprint density at radius 1 is 1.23 bits per heavy atom. The van der Waals surface area contributed by atoms with E-state index < -0.39 is 5.54 Å². The minimum Gasteiger partial charge on any atom is -0.493 e. The average molecular weight is 408 g/mol. The first-order valence-corrected chi connectivity index (χ1v) is 8.46. The summed E-state index contributed by atoms with van der Waals surface area (Å²) >= 11 is 0. The van der Waals surface area contributed by atoms with E-state index in [1.165, 1.54) is 0 Å². The van der Waals surface area contributed by atoms with Gasteiger partial charge in [-0.1, -0.05) is 18.9 Å². The first kappa shape index (κ1) is 24.8. The molecule has 1 amide bonds. The first-order chi connectivity index (χ1) is 11.4. The molecule has 150 valence electrons. The predicted octanol–water partition coefficient (Wildman–Crippen LogP) is 2.37. The van der Waals surface area contributed by atoms with E-state index in [1.807, 2.05) is 32.3 Å². The molecule has 1 saturated carbocycles. The molecule has 1 aliphatic carbocycles. The lowest BCUT2D eigenvalue weighted by Gasteiger charge is -2.22. The standard InChI is InChI=1S/C18H29N3O3.2ClH/c1-21(2)10-11-24-15-7-6-14(12-16(15)23-3)13-20-17(22)18(19)8-4-5-9-18;;/h6-7,12H,4-5,8-11,13,19H2,1-3H3,(H,20,22);2*1H. The molecular formula is C18H31Cl2N3O3. The molecule has 6 nitrogen and oxygen atoms in total. The molecule has 0 aliphatic heterocycles. The highest BCUT2D eigenvalue weighted by molar-refractivity contribution is 5.86. The smallest absolute Gasteiger partial charge is 0.240 e. The number of benzene rings is 1. The van der Waals surface area contributed by atoms with Crippen molar-refractivity contribution in [2.24, 2.45) is 5.73 Å². The molecule has 1 aliphatic rings. The lowest BCUT2D eigenvalue weighted by Crippen LogP contribution is -2.51. The van der Waals surface area contributed by atoms with Gasteiger partial charge in [0.1, 0.15) is 6.61 Å². The summed E-state index contributed by atoms with van der Waals surface area (Å²) in [6, 6.07) is 5.71. The molecule has 2 rings (SSSR count). The van der Waals surface area contributed by atoms with Crippen molar-refractivity contribution >= 4 is 30.7 Å². The first-order valence-electron chi connectivity index (χ1n) is 8.46. The summed E-state index contributed by atoms with van der Waals surface area (Å²) in [6.07, 6.45) is 3.58. The summed E-state index contributed by atoms with van der Waals surface area (Å²) in [7, 11) is 5.62. The Morgan fingerprint density at radius 2 is 1.88 bits per heavy atom. The zero-order valence-electron chi connectivity index (χ0n) is 15.7. The van der Waals surface area contributed by atoms with Crippen LogP contribution in [0.1, 0.15) is 31.2 Å². The van der Waals surface area contributed by atoms with Crippen LogP contribution in [-0.4, -0.2) is 50.7 Å². The van der Waals surface area contributed by atoms with Crippen molar-refractivity contribution in [1.29, 1.82) is 0 Å². The van der Waals surface area contributed by atoms with Crippen molar-refractivity contribution < 1.29 is 14.3 Å². The van der Waals surface area contributed by atoms with E-state index >= 15 is 0 Å². The number of nitrogens with one attached hydrogen (secondary N) is 1. The SMILES string of the molecule is COc1cc(CNC(=O)C2(N)CCCC2)ccc1OCCN(C)C.Cl.Cl. The minimum atomic E-state index is -0.695. The third-order valence-electron chi connectivity index (χ3n) is 4.43. The van der Waals surface area contributed by atoms with Crippen molar-refractivity contribution in [3.63, 3.8) is 0 Å². The zero-order chi connectivity index (χ0) is 17.6. The molecule has 0 radical (unpaired) electrons. The number of carbonyl (C=O) groups is 1. The van der Waals surface area contributed by atoms with Crippen LogP contribution < -0.4 is 20.5 Å². The Morgan fingerprint density at radius 3 is 2.46 bits per heavy atom. The molecule has 0 bridgehead atoms.